The van der Waals surface area contributed by atoms with Crippen molar-refractivity contribution in [1.82, 2.24) is 5.01 Å². The van der Waals surface area contributed by atoms with Crippen LogP contribution in [0.2, 0.25) is 0 Å². The molecule has 0 spiro atoms. The number of benzene rings is 1. The summed E-state index contributed by atoms with van der Waals surface area (Å²) in [6.07, 6.45) is 0. The molecule has 1 heterocycles. The minimum Gasteiger partial charge on any atom is -0.461 e. The van der Waals surface area contributed by atoms with Crippen molar-refractivity contribution in [1.29, 1.82) is 0 Å². The molecule has 1 aliphatic rings. The summed E-state index contributed by atoms with van der Waals surface area (Å²) in [5.74, 6) is -0.971. The second kappa shape index (κ2) is 5.53. The van der Waals surface area contributed by atoms with Gasteiger partial charge in [0.15, 0.2) is 0 Å². The molecular weight excluding hydrogens is 284 g/mol. The standard InChI is InChI=1S/C16H20N2O4/c1-11-15(3,4)16(21,10-22-12(2)19)18(17-11)14(20)13-8-6-5-7-9-13/h5-9,21H,10H2,1-4H3. The molecular formula is C16H20N2O4. The minimum atomic E-state index is -1.73. The lowest BCUT2D eigenvalue weighted by Gasteiger charge is -2.39. The van der Waals surface area contributed by atoms with Crippen LogP contribution in [0.3, 0.4) is 0 Å². The van der Waals surface area contributed by atoms with E-state index in [0.717, 1.165) is 5.01 Å². The van der Waals surface area contributed by atoms with Crippen molar-refractivity contribution >= 4 is 17.6 Å². The number of rotatable bonds is 3. The zero-order valence-electron chi connectivity index (χ0n) is 13.2. The lowest BCUT2D eigenvalue weighted by molar-refractivity contribution is -0.178. The second-order valence-corrected chi connectivity index (χ2v) is 5.89. The lowest BCUT2D eigenvalue weighted by atomic mass is 9.78. The zero-order chi connectivity index (χ0) is 16.5. The largest absolute Gasteiger partial charge is 0.461 e. The van der Waals surface area contributed by atoms with E-state index in [2.05, 4.69) is 5.10 Å². The van der Waals surface area contributed by atoms with Crippen LogP contribution in [0.1, 0.15) is 38.1 Å². The van der Waals surface area contributed by atoms with Crippen molar-refractivity contribution in [2.75, 3.05) is 6.61 Å². The molecule has 0 fully saturated rings. The smallest absolute Gasteiger partial charge is 0.302 e. The Balaban J connectivity index is 2.39. The van der Waals surface area contributed by atoms with Crippen LogP contribution in [0, 0.1) is 5.41 Å². The van der Waals surface area contributed by atoms with E-state index in [-0.39, 0.29) is 6.61 Å². The van der Waals surface area contributed by atoms with E-state index in [0.29, 0.717) is 11.3 Å². The first-order valence-corrected chi connectivity index (χ1v) is 7.01. The predicted octanol–water partition coefficient (Wildman–Crippen LogP) is 1.80. The Morgan fingerprint density at radius 2 is 1.86 bits per heavy atom. The average Bonchev–Trinajstić information content (AvgIpc) is 2.66. The van der Waals surface area contributed by atoms with Gasteiger partial charge in [0.25, 0.3) is 5.91 Å². The number of amides is 1. The Labute approximate surface area is 129 Å². The molecule has 22 heavy (non-hydrogen) atoms. The SMILES string of the molecule is CC(=O)OCC1(O)N(C(=O)c2ccccc2)N=C(C)C1(C)C. The van der Waals surface area contributed by atoms with Gasteiger partial charge < -0.3 is 9.84 Å². The molecule has 1 aliphatic heterocycles. The molecule has 0 saturated carbocycles. The van der Waals surface area contributed by atoms with Crippen molar-refractivity contribution in [3.8, 4) is 0 Å². The van der Waals surface area contributed by atoms with Crippen molar-refractivity contribution in [2.45, 2.75) is 33.4 Å². The summed E-state index contributed by atoms with van der Waals surface area (Å²) in [5, 5.41) is 16.3. The summed E-state index contributed by atoms with van der Waals surface area (Å²) in [7, 11) is 0. The van der Waals surface area contributed by atoms with Gasteiger partial charge in [0.05, 0.1) is 5.41 Å². The highest BCUT2D eigenvalue weighted by Crippen LogP contribution is 2.42. The van der Waals surface area contributed by atoms with Gasteiger partial charge in [0.1, 0.15) is 6.61 Å². The maximum Gasteiger partial charge on any atom is 0.302 e. The Morgan fingerprint density at radius 3 is 2.41 bits per heavy atom. The van der Waals surface area contributed by atoms with Crippen molar-refractivity contribution < 1.29 is 19.4 Å². The number of nitrogens with zero attached hydrogens (tertiary/aromatic N) is 2. The maximum atomic E-state index is 12.7. The fourth-order valence-electron chi connectivity index (χ4n) is 2.27. The fraction of sp³-hybridized carbons (Fsp3) is 0.438. The van der Waals surface area contributed by atoms with Crippen LogP contribution in [-0.4, -0.2) is 40.0 Å². The molecule has 1 amide bonds. The van der Waals surface area contributed by atoms with Crippen LogP contribution in [-0.2, 0) is 9.53 Å². The number of hydrazone groups is 1. The van der Waals surface area contributed by atoms with E-state index in [1.807, 2.05) is 0 Å². The summed E-state index contributed by atoms with van der Waals surface area (Å²) in [5.41, 5.74) is -1.58. The first-order chi connectivity index (χ1) is 10.2. The van der Waals surface area contributed by atoms with Gasteiger partial charge in [-0.2, -0.15) is 10.1 Å². The number of esters is 1. The Bertz CT molecular complexity index is 624. The molecule has 0 bridgehead atoms. The molecule has 6 nitrogen and oxygen atoms in total. The van der Waals surface area contributed by atoms with Crippen LogP contribution in [0.5, 0.6) is 0 Å². The van der Waals surface area contributed by atoms with E-state index in [4.69, 9.17) is 4.74 Å². The summed E-state index contributed by atoms with van der Waals surface area (Å²) in [4.78, 5) is 23.8. The van der Waals surface area contributed by atoms with Gasteiger partial charge >= 0.3 is 5.97 Å². The molecule has 6 heteroatoms. The number of ether oxygens (including phenoxy) is 1. The number of carbonyl (C=O) groups is 2. The third kappa shape index (κ3) is 2.50. The van der Waals surface area contributed by atoms with Gasteiger partial charge in [-0.3, -0.25) is 9.59 Å². The van der Waals surface area contributed by atoms with Gasteiger partial charge in [0, 0.05) is 18.2 Å². The molecule has 1 aromatic carbocycles. The average molecular weight is 304 g/mol. The predicted molar refractivity (Wildman–Crippen MR) is 81.1 cm³/mol. The van der Waals surface area contributed by atoms with Crippen LogP contribution >= 0.6 is 0 Å². The number of carbonyl (C=O) groups excluding carboxylic acids is 2. The third-order valence-electron chi connectivity index (χ3n) is 4.20. The van der Waals surface area contributed by atoms with Gasteiger partial charge in [-0.15, -0.1) is 0 Å². The van der Waals surface area contributed by atoms with E-state index >= 15 is 0 Å². The van der Waals surface area contributed by atoms with Gasteiger partial charge in [0.2, 0.25) is 5.72 Å². The van der Waals surface area contributed by atoms with E-state index < -0.39 is 23.0 Å². The normalized spacial score (nSPS) is 23.1. The Morgan fingerprint density at radius 1 is 1.27 bits per heavy atom. The quantitative estimate of drug-likeness (QED) is 0.864. The molecule has 2 rings (SSSR count). The molecule has 1 unspecified atom stereocenters. The topological polar surface area (TPSA) is 79.2 Å². The van der Waals surface area contributed by atoms with Crippen molar-refractivity contribution in [3.05, 3.63) is 35.9 Å². The zero-order valence-corrected chi connectivity index (χ0v) is 13.2. The number of aliphatic hydroxyl groups is 1. The summed E-state index contributed by atoms with van der Waals surface area (Å²) >= 11 is 0. The van der Waals surface area contributed by atoms with Crippen LogP contribution in [0.15, 0.2) is 35.4 Å². The van der Waals surface area contributed by atoms with Gasteiger partial charge in [-0.1, -0.05) is 18.2 Å². The first-order valence-electron chi connectivity index (χ1n) is 7.01. The van der Waals surface area contributed by atoms with Gasteiger partial charge in [-0.05, 0) is 32.9 Å². The highest BCUT2D eigenvalue weighted by atomic mass is 16.5. The molecule has 1 aromatic rings. The fourth-order valence-corrected chi connectivity index (χ4v) is 2.27. The highest BCUT2D eigenvalue weighted by molar-refractivity contribution is 5.99. The van der Waals surface area contributed by atoms with E-state index in [9.17, 15) is 14.7 Å². The first kappa shape index (κ1) is 16.2. The maximum absolute atomic E-state index is 12.7. The summed E-state index contributed by atoms with van der Waals surface area (Å²) < 4.78 is 4.97. The molecule has 0 radical (unpaired) electrons. The summed E-state index contributed by atoms with van der Waals surface area (Å²) in [6, 6.07) is 8.55. The van der Waals surface area contributed by atoms with Crippen LogP contribution in [0.25, 0.3) is 0 Å². The Kier molecular flexibility index (Phi) is 4.06. The Hall–Kier alpha value is -2.21. The third-order valence-corrected chi connectivity index (χ3v) is 4.20. The number of hydrogen-bond donors (Lipinski definition) is 1. The van der Waals surface area contributed by atoms with E-state index in [1.54, 1.807) is 51.1 Å². The number of hydrogen-bond acceptors (Lipinski definition) is 5. The molecule has 0 saturated heterocycles. The molecule has 1 N–H and O–H groups in total. The van der Waals surface area contributed by atoms with Crippen LogP contribution in [0.4, 0.5) is 0 Å². The van der Waals surface area contributed by atoms with Crippen molar-refractivity contribution in [3.63, 3.8) is 0 Å². The van der Waals surface area contributed by atoms with Crippen molar-refractivity contribution in [2.24, 2.45) is 10.5 Å². The van der Waals surface area contributed by atoms with Gasteiger partial charge in [-0.25, -0.2) is 0 Å². The van der Waals surface area contributed by atoms with Crippen LogP contribution < -0.4 is 0 Å². The molecule has 0 aromatic heterocycles. The highest BCUT2D eigenvalue weighted by Gasteiger charge is 2.58. The molecule has 1 atom stereocenters. The second-order valence-electron chi connectivity index (χ2n) is 5.89. The summed E-state index contributed by atoms with van der Waals surface area (Å²) in [6.45, 7) is 6.16. The monoisotopic (exact) mass is 304 g/mol. The molecule has 118 valence electrons. The molecule has 0 aliphatic carbocycles. The lowest BCUT2D eigenvalue weighted by Crippen LogP contribution is -2.58. The van der Waals surface area contributed by atoms with E-state index in [1.165, 1.54) is 6.92 Å². The minimum absolute atomic E-state index is 0.339.